The molecule has 0 saturated carbocycles. The van der Waals surface area contributed by atoms with Crippen LogP contribution < -0.4 is 10.1 Å². The molecule has 0 saturated heterocycles. The molecule has 0 bridgehead atoms. The zero-order valence-electron chi connectivity index (χ0n) is 11.1. The molecule has 0 amide bonds. The topological polar surface area (TPSA) is 47.0 Å². The molecular formula is C14H15Cl2N3O. The molecular weight excluding hydrogens is 297 g/mol. The van der Waals surface area contributed by atoms with Crippen molar-refractivity contribution in [1.29, 1.82) is 0 Å². The Labute approximate surface area is 128 Å². The zero-order chi connectivity index (χ0) is 14.4. The first-order chi connectivity index (χ1) is 9.69. The monoisotopic (exact) mass is 311 g/mol. The summed E-state index contributed by atoms with van der Waals surface area (Å²) in [5.41, 5.74) is 0.864. The average Bonchev–Trinajstić information content (AvgIpc) is 2.45. The Kier molecular flexibility index (Phi) is 5.59. The molecule has 0 aliphatic heterocycles. The quantitative estimate of drug-likeness (QED) is 0.817. The molecule has 0 radical (unpaired) electrons. The minimum atomic E-state index is 0.383. The highest BCUT2D eigenvalue weighted by molar-refractivity contribution is 6.34. The van der Waals surface area contributed by atoms with E-state index in [2.05, 4.69) is 22.4 Å². The molecule has 20 heavy (non-hydrogen) atoms. The Morgan fingerprint density at radius 3 is 2.70 bits per heavy atom. The summed E-state index contributed by atoms with van der Waals surface area (Å²) in [6.07, 6.45) is 1.09. The van der Waals surface area contributed by atoms with Gasteiger partial charge in [-0.1, -0.05) is 30.1 Å². The lowest BCUT2D eigenvalue weighted by Crippen LogP contribution is -2.15. The number of ether oxygens (including phenoxy) is 1. The van der Waals surface area contributed by atoms with Crippen molar-refractivity contribution in [3.63, 3.8) is 0 Å². The highest BCUT2D eigenvalue weighted by Crippen LogP contribution is 2.30. The molecule has 2 aromatic rings. The third-order valence-corrected chi connectivity index (χ3v) is 3.08. The van der Waals surface area contributed by atoms with Gasteiger partial charge in [-0.3, -0.25) is 0 Å². The van der Waals surface area contributed by atoms with Crippen LogP contribution in [0, 0.1) is 0 Å². The SMILES string of the molecule is CCCNCc1ccc(Oc2cc(Cl)ccc2Cl)nn1. The summed E-state index contributed by atoms with van der Waals surface area (Å²) in [7, 11) is 0. The van der Waals surface area contributed by atoms with Gasteiger partial charge < -0.3 is 10.1 Å². The van der Waals surface area contributed by atoms with E-state index in [1.807, 2.05) is 6.07 Å². The maximum absolute atomic E-state index is 6.02. The molecule has 0 unspecified atom stereocenters. The summed E-state index contributed by atoms with van der Waals surface area (Å²) in [6, 6.07) is 8.64. The van der Waals surface area contributed by atoms with Gasteiger partial charge in [0.15, 0.2) is 0 Å². The Bertz CT molecular complexity index is 561. The second-order valence-corrected chi connectivity index (χ2v) is 5.06. The van der Waals surface area contributed by atoms with Gasteiger partial charge in [0, 0.05) is 23.7 Å². The Morgan fingerprint density at radius 1 is 1.15 bits per heavy atom. The third-order valence-electron chi connectivity index (χ3n) is 2.54. The normalized spacial score (nSPS) is 10.6. The van der Waals surface area contributed by atoms with Crippen LogP contribution in [0.15, 0.2) is 30.3 Å². The second-order valence-electron chi connectivity index (χ2n) is 4.22. The fourth-order valence-corrected chi connectivity index (χ4v) is 1.88. The lowest BCUT2D eigenvalue weighted by molar-refractivity contribution is 0.453. The number of nitrogens with zero attached hydrogens (tertiary/aromatic N) is 2. The van der Waals surface area contributed by atoms with Crippen molar-refractivity contribution in [1.82, 2.24) is 15.5 Å². The predicted octanol–water partition coefficient (Wildman–Crippen LogP) is 4.08. The number of aromatic nitrogens is 2. The van der Waals surface area contributed by atoms with Crippen molar-refractivity contribution < 1.29 is 4.74 Å². The number of halogens is 2. The van der Waals surface area contributed by atoms with Crippen LogP contribution in [0.3, 0.4) is 0 Å². The molecule has 4 nitrogen and oxygen atoms in total. The number of hydrogen-bond acceptors (Lipinski definition) is 4. The zero-order valence-corrected chi connectivity index (χ0v) is 12.6. The van der Waals surface area contributed by atoms with Gasteiger partial charge >= 0.3 is 0 Å². The number of rotatable bonds is 6. The number of benzene rings is 1. The summed E-state index contributed by atoms with van der Waals surface area (Å²) in [5.74, 6) is 0.846. The van der Waals surface area contributed by atoms with Crippen LogP contribution in [0.4, 0.5) is 0 Å². The van der Waals surface area contributed by atoms with Crippen molar-refractivity contribution >= 4 is 23.2 Å². The van der Waals surface area contributed by atoms with E-state index in [1.165, 1.54) is 0 Å². The van der Waals surface area contributed by atoms with Gasteiger partial charge in [-0.2, -0.15) is 5.10 Å². The average molecular weight is 312 g/mol. The maximum Gasteiger partial charge on any atom is 0.238 e. The van der Waals surface area contributed by atoms with Crippen molar-refractivity contribution in [2.45, 2.75) is 19.9 Å². The van der Waals surface area contributed by atoms with Crippen LogP contribution in [0.25, 0.3) is 0 Å². The van der Waals surface area contributed by atoms with E-state index in [4.69, 9.17) is 27.9 Å². The lowest BCUT2D eigenvalue weighted by Gasteiger charge is -2.07. The molecule has 0 atom stereocenters. The van der Waals surface area contributed by atoms with Crippen molar-refractivity contribution in [2.24, 2.45) is 0 Å². The smallest absolute Gasteiger partial charge is 0.238 e. The third kappa shape index (κ3) is 4.34. The molecule has 2 rings (SSSR count). The summed E-state index contributed by atoms with van der Waals surface area (Å²) in [5, 5.41) is 12.4. The van der Waals surface area contributed by atoms with E-state index in [1.54, 1.807) is 24.3 Å². The van der Waals surface area contributed by atoms with Crippen LogP contribution in [0.1, 0.15) is 19.0 Å². The van der Waals surface area contributed by atoms with E-state index >= 15 is 0 Å². The minimum absolute atomic E-state index is 0.383. The fourth-order valence-electron chi connectivity index (χ4n) is 1.56. The van der Waals surface area contributed by atoms with Crippen LogP contribution in [0.5, 0.6) is 11.6 Å². The first-order valence-corrected chi connectivity index (χ1v) is 7.11. The van der Waals surface area contributed by atoms with E-state index in [9.17, 15) is 0 Å². The highest BCUT2D eigenvalue weighted by atomic mass is 35.5. The van der Waals surface area contributed by atoms with Gasteiger partial charge in [0.25, 0.3) is 0 Å². The summed E-state index contributed by atoms with van der Waals surface area (Å²) < 4.78 is 5.56. The van der Waals surface area contributed by atoms with Crippen LogP contribution in [0.2, 0.25) is 10.0 Å². The molecule has 0 fully saturated rings. The van der Waals surface area contributed by atoms with Crippen LogP contribution >= 0.6 is 23.2 Å². The maximum atomic E-state index is 6.02. The second kappa shape index (κ2) is 7.43. The molecule has 6 heteroatoms. The Morgan fingerprint density at radius 2 is 2.00 bits per heavy atom. The Hall–Kier alpha value is -1.36. The standard InChI is InChI=1S/C14H15Cl2N3O/c1-2-7-17-9-11-4-6-14(19-18-11)20-13-8-10(15)3-5-12(13)16/h3-6,8,17H,2,7,9H2,1H3. The lowest BCUT2D eigenvalue weighted by atomic mass is 10.3. The summed E-state index contributed by atoms with van der Waals surface area (Å²) in [4.78, 5) is 0. The molecule has 1 aromatic heterocycles. The molecule has 1 aromatic carbocycles. The van der Waals surface area contributed by atoms with Gasteiger partial charge in [-0.05, 0) is 31.2 Å². The number of hydrogen-bond donors (Lipinski definition) is 1. The summed E-state index contributed by atoms with van der Waals surface area (Å²) in [6.45, 7) is 3.77. The molecule has 1 N–H and O–H groups in total. The molecule has 106 valence electrons. The first kappa shape index (κ1) is 15.0. The van der Waals surface area contributed by atoms with Gasteiger partial charge in [-0.15, -0.1) is 5.10 Å². The molecule has 0 aliphatic carbocycles. The predicted molar refractivity (Wildman–Crippen MR) is 80.6 cm³/mol. The highest BCUT2D eigenvalue weighted by Gasteiger charge is 2.06. The van der Waals surface area contributed by atoms with Crippen molar-refractivity contribution in [3.05, 3.63) is 46.1 Å². The van der Waals surface area contributed by atoms with E-state index in [0.29, 0.717) is 28.2 Å². The van der Waals surface area contributed by atoms with Gasteiger partial charge in [0.2, 0.25) is 5.88 Å². The largest absolute Gasteiger partial charge is 0.436 e. The molecule has 0 aliphatic rings. The summed E-state index contributed by atoms with van der Waals surface area (Å²) >= 11 is 11.9. The minimum Gasteiger partial charge on any atom is -0.436 e. The molecule has 1 heterocycles. The van der Waals surface area contributed by atoms with E-state index in [0.717, 1.165) is 18.7 Å². The van der Waals surface area contributed by atoms with E-state index < -0.39 is 0 Å². The fraction of sp³-hybridized carbons (Fsp3) is 0.286. The molecule has 0 spiro atoms. The van der Waals surface area contributed by atoms with Crippen molar-refractivity contribution in [3.8, 4) is 11.6 Å². The number of nitrogens with one attached hydrogen (secondary N) is 1. The first-order valence-electron chi connectivity index (χ1n) is 6.35. The van der Waals surface area contributed by atoms with Gasteiger partial charge in [0.05, 0.1) is 10.7 Å². The van der Waals surface area contributed by atoms with E-state index in [-0.39, 0.29) is 0 Å². The van der Waals surface area contributed by atoms with Crippen LogP contribution in [-0.2, 0) is 6.54 Å². The van der Waals surface area contributed by atoms with Gasteiger partial charge in [-0.25, -0.2) is 0 Å². The van der Waals surface area contributed by atoms with Crippen LogP contribution in [-0.4, -0.2) is 16.7 Å². The Balaban J connectivity index is 2.01. The van der Waals surface area contributed by atoms with Gasteiger partial charge in [0.1, 0.15) is 5.75 Å². The van der Waals surface area contributed by atoms with Crippen molar-refractivity contribution in [2.75, 3.05) is 6.54 Å².